The van der Waals surface area contributed by atoms with Crippen LogP contribution in [0.2, 0.25) is 0 Å². The molecule has 10 heteroatoms. The highest BCUT2D eigenvalue weighted by Gasteiger charge is 2.51. The molecule has 2 aromatic carbocycles. The van der Waals surface area contributed by atoms with Crippen LogP contribution in [0.25, 0.3) is 0 Å². The molecule has 4 aromatic rings. The van der Waals surface area contributed by atoms with Gasteiger partial charge < -0.3 is 19.7 Å². The zero-order chi connectivity index (χ0) is 30.0. The molecule has 0 bridgehead atoms. The van der Waals surface area contributed by atoms with Crippen LogP contribution in [0.4, 0.5) is 11.5 Å². The molecule has 218 valence electrons. The lowest BCUT2D eigenvalue weighted by Crippen LogP contribution is -2.51. The molecule has 1 amide bonds. The van der Waals surface area contributed by atoms with Gasteiger partial charge in [0.25, 0.3) is 11.5 Å². The molecule has 2 aliphatic rings. The molecule has 2 aromatic heterocycles. The molecule has 1 aliphatic carbocycles. The number of nitriles is 1. The third-order valence-electron chi connectivity index (χ3n) is 8.33. The highest BCUT2D eigenvalue weighted by molar-refractivity contribution is 5.98. The number of fused-ring (bicyclic) bond motifs is 2. The maximum absolute atomic E-state index is 14.2. The molecule has 43 heavy (non-hydrogen) atoms. The van der Waals surface area contributed by atoms with Crippen molar-refractivity contribution < 1.29 is 14.3 Å². The summed E-state index contributed by atoms with van der Waals surface area (Å²) in [6, 6.07) is 20.5. The monoisotopic (exact) mass is 576 g/mol. The molecule has 1 fully saturated rings. The summed E-state index contributed by atoms with van der Waals surface area (Å²) >= 11 is 0. The van der Waals surface area contributed by atoms with Gasteiger partial charge in [-0.05, 0) is 73.2 Å². The highest BCUT2D eigenvalue weighted by Crippen LogP contribution is 2.45. The summed E-state index contributed by atoms with van der Waals surface area (Å²) in [5.41, 5.74) is 1.23. The van der Waals surface area contributed by atoms with E-state index in [1.54, 1.807) is 35.9 Å². The molecule has 0 saturated heterocycles. The van der Waals surface area contributed by atoms with Crippen LogP contribution in [0.5, 0.6) is 11.5 Å². The van der Waals surface area contributed by atoms with Crippen molar-refractivity contribution in [3.63, 3.8) is 0 Å². The van der Waals surface area contributed by atoms with Gasteiger partial charge >= 0.3 is 0 Å². The van der Waals surface area contributed by atoms with Crippen LogP contribution >= 0.6 is 0 Å². The Hall–Kier alpha value is -5.17. The predicted octanol–water partition coefficient (Wildman–Crippen LogP) is 5.13. The molecule has 0 atom stereocenters. The van der Waals surface area contributed by atoms with Gasteiger partial charge in [-0.15, -0.1) is 0 Å². The number of carbonyl (C=O) groups excluding carboxylic acids is 1. The number of ether oxygens (including phenoxy) is 2. The summed E-state index contributed by atoms with van der Waals surface area (Å²) in [4.78, 5) is 39.0. The number of nitrogens with zero attached hydrogens (tertiary/aromatic N) is 5. The number of methoxy groups -OCH3 is 2. The fraction of sp³-hybridized carbons (Fsp3) is 0.303. The third-order valence-corrected chi connectivity index (χ3v) is 8.33. The standard InChI is InChI=1S/C33H32N6O4/c1-42-25-10-6-22(7-11-25)18-29-35-17-14-28(37-29)36-27-19-24(20-34)30-32(41)38(21-23-8-12-26(43-2)13-9-23)33(39(30)31(27)40)15-4-3-5-16-33/h6-14,17,19H,3-5,15-16,18,21H2,1-2H3,(H,35,36,37). The molecule has 6 rings (SSSR count). The SMILES string of the molecule is COc1ccc(Cc2nccc(Nc3cc(C#N)c4n(c3=O)C3(CCCCC3)N(Cc3ccc(OC)cc3)C4=O)n2)cc1. The van der Waals surface area contributed by atoms with Crippen molar-refractivity contribution in [1.29, 1.82) is 5.26 Å². The van der Waals surface area contributed by atoms with Crippen LogP contribution in [0, 0.1) is 11.3 Å². The summed E-state index contributed by atoms with van der Waals surface area (Å²) < 4.78 is 12.1. The van der Waals surface area contributed by atoms with E-state index in [1.165, 1.54) is 6.07 Å². The predicted molar refractivity (Wildman–Crippen MR) is 160 cm³/mol. The average molecular weight is 577 g/mol. The van der Waals surface area contributed by atoms with E-state index in [0.717, 1.165) is 41.9 Å². The molecular formula is C33H32N6O4. The first kappa shape index (κ1) is 28.0. The molecule has 1 aliphatic heterocycles. The molecule has 1 spiro atoms. The van der Waals surface area contributed by atoms with E-state index >= 15 is 0 Å². The van der Waals surface area contributed by atoms with Crippen LogP contribution in [0.3, 0.4) is 0 Å². The first-order chi connectivity index (χ1) is 21.0. The zero-order valence-corrected chi connectivity index (χ0v) is 24.2. The van der Waals surface area contributed by atoms with Gasteiger partial charge in [0.05, 0.1) is 19.8 Å². The second kappa shape index (κ2) is 11.6. The molecule has 3 heterocycles. The number of amides is 1. The lowest BCUT2D eigenvalue weighted by Gasteiger charge is -2.42. The maximum Gasteiger partial charge on any atom is 0.276 e. The Morgan fingerprint density at radius 2 is 1.58 bits per heavy atom. The largest absolute Gasteiger partial charge is 0.497 e. The van der Waals surface area contributed by atoms with E-state index in [9.17, 15) is 14.9 Å². The lowest BCUT2D eigenvalue weighted by atomic mass is 9.87. The van der Waals surface area contributed by atoms with Crippen LogP contribution in [0.15, 0.2) is 71.7 Å². The van der Waals surface area contributed by atoms with Crippen molar-refractivity contribution in [2.24, 2.45) is 0 Å². The van der Waals surface area contributed by atoms with E-state index in [-0.39, 0.29) is 28.4 Å². The quantitative estimate of drug-likeness (QED) is 0.306. The Morgan fingerprint density at radius 3 is 2.21 bits per heavy atom. The Labute approximate surface area is 249 Å². The number of pyridine rings is 1. The number of anilines is 2. The normalized spacial score (nSPS) is 15.2. The minimum absolute atomic E-state index is 0.149. The van der Waals surface area contributed by atoms with Crippen LogP contribution in [-0.4, -0.2) is 39.6 Å². The molecular weight excluding hydrogens is 544 g/mol. The van der Waals surface area contributed by atoms with E-state index < -0.39 is 5.66 Å². The second-order valence-electron chi connectivity index (χ2n) is 10.9. The highest BCUT2D eigenvalue weighted by atomic mass is 16.5. The van der Waals surface area contributed by atoms with Gasteiger partial charge in [0.2, 0.25) is 0 Å². The molecule has 0 radical (unpaired) electrons. The first-order valence-electron chi connectivity index (χ1n) is 14.3. The van der Waals surface area contributed by atoms with Crippen molar-refractivity contribution in [3.05, 3.63) is 105 Å². The summed E-state index contributed by atoms with van der Waals surface area (Å²) in [5, 5.41) is 13.3. The topological polar surface area (TPSA) is 122 Å². The van der Waals surface area contributed by atoms with E-state index in [1.807, 2.05) is 48.5 Å². The minimum atomic E-state index is -0.851. The molecule has 1 N–H and O–H groups in total. The number of hydrogen-bond donors (Lipinski definition) is 1. The number of benzene rings is 2. The Morgan fingerprint density at radius 1 is 0.930 bits per heavy atom. The summed E-state index contributed by atoms with van der Waals surface area (Å²) in [5.74, 6) is 2.19. The van der Waals surface area contributed by atoms with Gasteiger partial charge in [-0.2, -0.15) is 5.26 Å². The Kier molecular flexibility index (Phi) is 7.55. The molecule has 10 nitrogen and oxygen atoms in total. The van der Waals surface area contributed by atoms with Gasteiger partial charge in [0.1, 0.15) is 46.3 Å². The van der Waals surface area contributed by atoms with Gasteiger partial charge in [0.15, 0.2) is 0 Å². The van der Waals surface area contributed by atoms with Crippen molar-refractivity contribution in [1.82, 2.24) is 19.4 Å². The summed E-state index contributed by atoms with van der Waals surface area (Å²) in [7, 11) is 3.23. The summed E-state index contributed by atoms with van der Waals surface area (Å²) in [6.07, 6.45) is 6.16. The number of rotatable bonds is 8. The number of carbonyl (C=O) groups is 1. The fourth-order valence-corrected chi connectivity index (χ4v) is 6.20. The van der Waals surface area contributed by atoms with Gasteiger partial charge in [-0.1, -0.05) is 30.7 Å². The number of aromatic nitrogens is 3. The van der Waals surface area contributed by atoms with Gasteiger partial charge in [0, 0.05) is 19.2 Å². The van der Waals surface area contributed by atoms with Crippen LogP contribution in [0.1, 0.15) is 65.1 Å². The average Bonchev–Trinajstić information content (AvgIpc) is 3.26. The third kappa shape index (κ3) is 5.18. The Balaban J connectivity index is 1.36. The number of hydrogen-bond acceptors (Lipinski definition) is 8. The van der Waals surface area contributed by atoms with Gasteiger partial charge in [-0.25, -0.2) is 9.97 Å². The van der Waals surface area contributed by atoms with Crippen LogP contribution in [-0.2, 0) is 18.6 Å². The molecule has 0 unspecified atom stereocenters. The van der Waals surface area contributed by atoms with Crippen molar-refractivity contribution >= 4 is 17.4 Å². The summed E-state index contributed by atoms with van der Waals surface area (Å²) in [6.45, 7) is 0.318. The fourth-order valence-electron chi connectivity index (χ4n) is 6.20. The van der Waals surface area contributed by atoms with Crippen molar-refractivity contribution in [3.8, 4) is 17.6 Å². The van der Waals surface area contributed by atoms with E-state index in [2.05, 4.69) is 21.4 Å². The van der Waals surface area contributed by atoms with E-state index in [4.69, 9.17) is 9.47 Å². The van der Waals surface area contributed by atoms with Gasteiger partial charge in [-0.3, -0.25) is 14.2 Å². The maximum atomic E-state index is 14.2. The number of nitrogens with one attached hydrogen (secondary N) is 1. The van der Waals surface area contributed by atoms with Crippen molar-refractivity contribution in [2.45, 2.75) is 50.7 Å². The first-order valence-corrected chi connectivity index (χ1v) is 14.3. The van der Waals surface area contributed by atoms with E-state index in [0.29, 0.717) is 37.4 Å². The lowest BCUT2D eigenvalue weighted by molar-refractivity contribution is 0.00845. The second-order valence-corrected chi connectivity index (χ2v) is 10.9. The van der Waals surface area contributed by atoms with Crippen molar-refractivity contribution in [2.75, 3.05) is 19.5 Å². The Bertz CT molecular complexity index is 1750. The smallest absolute Gasteiger partial charge is 0.276 e. The van der Waals surface area contributed by atoms with Crippen LogP contribution < -0.4 is 20.3 Å². The zero-order valence-electron chi connectivity index (χ0n) is 24.2. The molecule has 1 saturated carbocycles. The minimum Gasteiger partial charge on any atom is -0.497 e.